The minimum Gasteiger partial charge on any atom is -0.375 e. The van der Waals surface area contributed by atoms with Gasteiger partial charge in [0.1, 0.15) is 0 Å². The van der Waals surface area contributed by atoms with Gasteiger partial charge in [-0.25, -0.2) is 0 Å². The molecule has 1 saturated heterocycles. The predicted molar refractivity (Wildman–Crippen MR) is 66.8 cm³/mol. The van der Waals surface area contributed by atoms with Gasteiger partial charge in [0.15, 0.2) is 0 Å². The fourth-order valence-electron chi connectivity index (χ4n) is 2.24. The SMILES string of the molecule is CCOC(C)(C)CNC1CCOC(C)(C)C1. The van der Waals surface area contributed by atoms with E-state index in [2.05, 4.69) is 33.0 Å². The van der Waals surface area contributed by atoms with Gasteiger partial charge in [-0.2, -0.15) is 0 Å². The number of hydrogen-bond donors (Lipinski definition) is 1. The van der Waals surface area contributed by atoms with Crippen LogP contribution in [0.15, 0.2) is 0 Å². The molecule has 1 rings (SSSR count). The molecule has 0 saturated carbocycles. The molecule has 0 amide bonds. The molecule has 0 aromatic carbocycles. The summed E-state index contributed by atoms with van der Waals surface area (Å²) in [5.74, 6) is 0. The van der Waals surface area contributed by atoms with Crippen molar-refractivity contribution in [3.8, 4) is 0 Å². The van der Waals surface area contributed by atoms with Crippen LogP contribution in [-0.2, 0) is 9.47 Å². The molecule has 0 aliphatic carbocycles. The maximum atomic E-state index is 5.70. The topological polar surface area (TPSA) is 30.5 Å². The Bertz CT molecular complexity index is 214. The Balaban J connectivity index is 2.32. The fraction of sp³-hybridized carbons (Fsp3) is 1.00. The summed E-state index contributed by atoms with van der Waals surface area (Å²) in [7, 11) is 0. The number of rotatable bonds is 5. The smallest absolute Gasteiger partial charge is 0.0750 e. The van der Waals surface area contributed by atoms with Crippen molar-refractivity contribution in [2.24, 2.45) is 0 Å². The standard InChI is InChI=1S/C13H27NO2/c1-6-15-13(4,5)10-14-11-7-8-16-12(2,3)9-11/h11,14H,6-10H2,1-5H3. The van der Waals surface area contributed by atoms with E-state index in [-0.39, 0.29) is 11.2 Å². The maximum absolute atomic E-state index is 5.70. The normalized spacial score (nSPS) is 25.7. The van der Waals surface area contributed by atoms with E-state index >= 15 is 0 Å². The van der Waals surface area contributed by atoms with Gasteiger partial charge in [-0.3, -0.25) is 0 Å². The first-order chi connectivity index (χ1) is 7.35. The van der Waals surface area contributed by atoms with E-state index in [0.29, 0.717) is 6.04 Å². The Morgan fingerprint density at radius 2 is 2.12 bits per heavy atom. The molecule has 0 aromatic heterocycles. The lowest BCUT2D eigenvalue weighted by Gasteiger charge is -2.37. The van der Waals surface area contributed by atoms with Gasteiger partial charge in [0.25, 0.3) is 0 Å². The Kier molecular flexibility index (Phi) is 4.77. The summed E-state index contributed by atoms with van der Waals surface area (Å²) in [5.41, 5.74) is -0.0527. The third-order valence-corrected chi connectivity index (χ3v) is 3.05. The van der Waals surface area contributed by atoms with Gasteiger partial charge in [0.2, 0.25) is 0 Å². The van der Waals surface area contributed by atoms with Crippen molar-refractivity contribution in [3.63, 3.8) is 0 Å². The number of ether oxygens (including phenoxy) is 2. The van der Waals surface area contributed by atoms with Crippen LogP contribution < -0.4 is 5.32 Å². The zero-order valence-corrected chi connectivity index (χ0v) is 11.4. The van der Waals surface area contributed by atoms with E-state index in [0.717, 1.165) is 32.6 Å². The van der Waals surface area contributed by atoms with Crippen molar-refractivity contribution in [1.82, 2.24) is 5.32 Å². The molecule has 1 aliphatic heterocycles. The van der Waals surface area contributed by atoms with E-state index in [1.165, 1.54) is 0 Å². The van der Waals surface area contributed by atoms with E-state index in [1.54, 1.807) is 0 Å². The molecular weight excluding hydrogens is 202 g/mol. The zero-order chi connectivity index (χ0) is 12.2. The molecule has 1 atom stereocenters. The van der Waals surface area contributed by atoms with Crippen LogP contribution in [0.25, 0.3) is 0 Å². The second kappa shape index (κ2) is 5.48. The molecule has 0 aromatic rings. The van der Waals surface area contributed by atoms with E-state index in [1.807, 2.05) is 6.92 Å². The predicted octanol–water partition coefficient (Wildman–Crippen LogP) is 2.35. The van der Waals surface area contributed by atoms with Crippen LogP contribution in [0, 0.1) is 0 Å². The lowest BCUT2D eigenvalue weighted by molar-refractivity contribution is -0.0682. The van der Waals surface area contributed by atoms with Gasteiger partial charge in [0, 0.05) is 25.8 Å². The van der Waals surface area contributed by atoms with Crippen LogP contribution >= 0.6 is 0 Å². The van der Waals surface area contributed by atoms with Crippen LogP contribution in [0.2, 0.25) is 0 Å². The first-order valence-electron chi connectivity index (χ1n) is 6.36. The van der Waals surface area contributed by atoms with Crippen molar-refractivity contribution in [2.45, 2.75) is 64.7 Å². The summed E-state index contributed by atoms with van der Waals surface area (Å²) in [4.78, 5) is 0. The highest BCUT2D eigenvalue weighted by atomic mass is 16.5. The van der Waals surface area contributed by atoms with Gasteiger partial charge in [-0.1, -0.05) is 0 Å². The minimum atomic E-state index is -0.0722. The van der Waals surface area contributed by atoms with Crippen molar-refractivity contribution < 1.29 is 9.47 Å². The number of nitrogens with one attached hydrogen (secondary N) is 1. The Morgan fingerprint density at radius 3 is 2.69 bits per heavy atom. The van der Waals surface area contributed by atoms with Crippen molar-refractivity contribution in [3.05, 3.63) is 0 Å². The highest BCUT2D eigenvalue weighted by Gasteiger charge is 2.29. The largest absolute Gasteiger partial charge is 0.375 e. The van der Waals surface area contributed by atoms with Crippen LogP contribution in [0.5, 0.6) is 0 Å². The third kappa shape index (κ3) is 4.81. The van der Waals surface area contributed by atoms with Crippen molar-refractivity contribution >= 4 is 0 Å². The molecule has 3 nitrogen and oxygen atoms in total. The summed E-state index contributed by atoms with van der Waals surface area (Å²) >= 11 is 0. The first-order valence-corrected chi connectivity index (χ1v) is 6.36. The lowest BCUT2D eigenvalue weighted by atomic mass is 9.93. The third-order valence-electron chi connectivity index (χ3n) is 3.05. The van der Waals surface area contributed by atoms with Gasteiger partial charge >= 0.3 is 0 Å². The lowest BCUT2D eigenvalue weighted by Crippen LogP contribution is -2.48. The minimum absolute atomic E-state index is 0.0195. The van der Waals surface area contributed by atoms with Crippen LogP contribution in [0.1, 0.15) is 47.5 Å². The molecule has 1 N–H and O–H groups in total. The summed E-state index contributed by atoms with van der Waals surface area (Å²) in [6.07, 6.45) is 2.18. The molecule has 96 valence electrons. The van der Waals surface area contributed by atoms with E-state index in [4.69, 9.17) is 9.47 Å². The first kappa shape index (κ1) is 13.9. The summed E-state index contributed by atoms with van der Waals surface area (Å²) in [6, 6.07) is 0.559. The second-order valence-electron chi connectivity index (χ2n) is 5.87. The van der Waals surface area contributed by atoms with Crippen LogP contribution in [0.4, 0.5) is 0 Å². The van der Waals surface area contributed by atoms with Gasteiger partial charge in [0.05, 0.1) is 11.2 Å². The van der Waals surface area contributed by atoms with Gasteiger partial charge in [-0.05, 0) is 47.5 Å². The summed E-state index contributed by atoms with van der Waals surface area (Å²) in [5, 5.41) is 3.60. The Labute approximate surface area is 99.9 Å². The summed E-state index contributed by atoms with van der Waals surface area (Å²) < 4.78 is 11.4. The van der Waals surface area contributed by atoms with Crippen LogP contribution in [-0.4, -0.2) is 37.0 Å². The molecule has 0 spiro atoms. The molecule has 16 heavy (non-hydrogen) atoms. The van der Waals surface area contributed by atoms with Gasteiger partial charge in [-0.15, -0.1) is 0 Å². The highest BCUT2D eigenvalue weighted by Crippen LogP contribution is 2.24. The molecule has 3 heteroatoms. The van der Waals surface area contributed by atoms with Crippen molar-refractivity contribution in [2.75, 3.05) is 19.8 Å². The quantitative estimate of drug-likeness (QED) is 0.785. The average molecular weight is 229 g/mol. The molecule has 1 heterocycles. The van der Waals surface area contributed by atoms with Gasteiger partial charge < -0.3 is 14.8 Å². The monoisotopic (exact) mass is 229 g/mol. The fourth-order valence-corrected chi connectivity index (χ4v) is 2.24. The van der Waals surface area contributed by atoms with E-state index in [9.17, 15) is 0 Å². The number of hydrogen-bond acceptors (Lipinski definition) is 3. The maximum Gasteiger partial charge on any atom is 0.0750 e. The molecule has 0 bridgehead atoms. The Morgan fingerprint density at radius 1 is 1.44 bits per heavy atom. The summed E-state index contributed by atoms with van der Waals surface area (Å²) in [6.45, 7) is 13.2. The average Bonchev–Trinajstić information content (AvgIpc) is 2.13. The van der Waals surface area contributed by atoms with E-state index < -0.39 is 0 Å². The molecule has 1 unspecified atom stereocenters. The molecule has 1 fully saturated rings. The molecular formula is C13H27NO2. The molecule has 1 aliphatic rings. The van der Waals surface area contributed by atoms with Crippen LogP contribution in [0.3, 0.4) is 0 Å². The zero-order valence-electron chi connectivity index (χ0n) is 11.4. The highest BCUT2D eigenvalue weighted by molar-refractivity contribution is 4.85. The Hall–Kier alpha value is -0.120. The van der Waals surface area contributed by atoms with Crippen molar-refractivity contribution in [1.29, 1.82) is 0 Å². The molecule has 0 radical (unpaired) electrons. The second-order valence-corrected chi connectivity index (χ2v) is 5.87.